The Hall–Kier alpha value is -5.20. The van der Waals surface area contributed by atoms with Crippen LogP contribution in [0.3, 0.4) is 0 Å². The maximum atomic E-state index is 6.59. The minimum absolute atomic E-state index is 0.202. The van der Waals surface area contributed by atoms with Gasteiger partial charge in [-0.1, -0.05) is 24.0 Å². The Morgan fingerprint density at radius 2 is 1.17 bits per heavy atom. The van der Waals surface area contributed by atoms with Crippen molar-refractivity contribution in [1.29, 1.82) is 0 Å². The van der Waals surface area contributed by atoms with E-state index < -0.39 is 0 Å². The third kappa shape index (κ3) is 8.40. The maximum Gasteiger partial charge on any atom is 0.184 e. The molecule has 3 aromatic rings. The molecule has 0 bridgehead atoms. The van der Waals surface area contributed by atoms with Crippen LogP contribution < -0.4 is 18.9 Å². The van der Waals surface area contributed by atoms with Crippen molar-refractivity contribution in [2.24, 2.45) is 0 Å². The van der Waals surface area contributed by atoms with E-state index >= 15 is 0 Å². The van der Waals surface area contributed by atoms with Gasteiger partial charge >= 0.3 is 0 Å². The van der Waals surface area contributed by atoms with Gasteiger partial charge in [-0.3, -0.25) is 0 Å². The van der Waals surface area contributed by atoms with Crippen molar-refractivity contribution in [3.05, 3.63) is 59.7 Å². The molecule has 0 aliphatic heterocycles. The predicted octanol–water partition coefficient (Wildman–Crippen LogP) is 7.25. The number of ether oxygens (including phenoxy) is 4. The largest absolute Gasteiger partial charge is 0.477 e. The number of hydrogen-bond acceptors (Lipinski definition) is 4. The molecule has 0 fully saturated rings. The molecule has 0 amide bonds. The first kappa shape index (κ1) is 31.3. The fraction of sp³-hybridized carbons (Fsp3) is 0.167. The Morgan fingerprint density at radius 3 is 1.69 bits per heavy atom. The van der Waals surface area contributed by atoms with Crippen molar-refractivity contribution < 1.29 is 18.9 Å². The molecule has 3 aromatic carbocycles. The first-order valence-electron chi connectivity index (χ1n) is 12.5. The fourth-order valence-corrected chi connectivity index (χ4v) is 4.25. The molecule has 6 heteroatoms. The van der Waals surface area contributed by atoms with Gasteiger partial charge in [0.1, 0.15) is 25.4 Å². The van der Waals surface area contributed by atoms with Gasteiger partial charge < -0.3 is 18.9 Å². The van der Waals surface area contributed by atoms with E-state index in [1.54, 1.807) is 26.0 Å². The second kappa shape index (κ2) is 16.8. The van der Waals surface area contributed by atoms with Crippen molar-refractivity contribution in [1.82, 2.24) is 0 Å². The van der Waals surface area contributed by atoms with Crippen LogP contribution in [0.2, 0.25) is 0 Å². The molecule has 0 saturated carbocycles. The van der Waals surface area contributed by atoms with Crippen molar-refractivity contribution in [3.8, 4) is 118 Å². The van der Waals surface area contributed by atoms with Crippen LogP contribution in [0.25, 0.3) is 22.3 Å². The molecule has 0 radical (unpaired) electrons. The lowest BCUT2D eigenvalue weighted by molar-refractivity contribution is 0.314. The predicted molar refractivity (Wildman–Crippen MR) is 169 cm³/mol. The second-order valence-electron chi connectivity index (χ2n) is 8.14. The highest BCUT2D eigenvalue weighted by Crippen LogP contribution is 2.41. The summed E-state index contributed by atoms with van der Waals surface area (Å²) in [5, 5.41) is 0. The smallest absolute Gasteiger partial charge is 0.184 e. The van der Waals surface area contributed by atoms with Crippen LogP contribution in [0.15, 0.2) is 48.5 Å². The summed E-state index contributed by atoms with van der Waals surface area (Å²) in [6, 6.07) is 15.0. The van der Waals surface area contributed by atoms with Gasteiger partial charge in [0.05, 0.1) is 0 Å². The van der Waals surface area contributed by atoms with E-state index in [4.69, 9.17) is 55.0 Å². The summed E-state index contributed by atoms with van der Waals surface area (Å²) in [6.45, 7) is 3.94. The number of terminal acetylenes is 2. The molecule has 0 atom stereocenters. The van der Waals surface area contributed by atoms with Gasteiger partial charge in [0.15, 0.2) is 23.0 Å². The highest BCUT2D eigenvalue weighted by atomic mass is 35.5. The lowest BCUT2D eigenvalue weighted by Crippen LogP contribution is -2.01. The number of rotatable bonds is 10. The van der Waals surface area contributed by atoms with E-state index in [0.29, 0.717) is 23.0 Å². The van der Waals surface area contributed by atoms with Crippen LogP contribution >= 0.6 is 23.2 Å². The van der Waals surface area contributed by atoms with Crippen molar-refractivity contribution in [3.63, 3.8) is 0 Å². The molecular weight excluding hydrogens is 567 g/mol. The maximum absolute atomic E-state index is 6.59. The number of benzene rings is 3. The molecule has 0 spiro atoms. The van der Waals surface area contributed by atoms with Crippen LogP contribution in [0.5, 0.6) is 23.0 Å². The summed E-state index contributed by atoms with van der Waals surface area (Å²) >= 11 is 12.9. The summed E-state index contributed by atoms with van der Waals surface area (Å²) in [7, 11) is 0. The molecule has 0 aliphatic rings. The zero-order chi connectivity index (χ0) is 30.2. The SMILES string of the molecule is C#CC#COc1ccc(-c2cc(CCl)cc(-c3ccc(OCC#CC)c(OCC#CC)c3)c2CCl)cc1OC#CC#C. The normalized spacial score (nSPS) is 9.00. The van der Waals surface area contributed by atoms with Crippen molar-refractivity contribution in [2.45, 2.75) is 25.6 Å². The minimum Gasteiger partial charge on any atom is -0.477 e. The summed E-state index contributed by atoms with van der Waals surface area (Å²) < 4.78 is 22.8. The van der Waals surface area contributed by atoms with E-state index in [2.05, 4.69) is 59.6 Å². The quantitative estimate of drug-likeness (QED) is 0.184. The molecule has 0 N–H and O–H groups in total. The molecular formula is C36H24Cl2O4. The van der Waals surface area contributed by atoms with E-state index in [-0.39, 0.29) is 25.0 Å². The van der Waals surface area contributed by atoms with E-state index in [1.807, 2.05) is 36.4 Å². The Labute approximate surface area is 257 Å². The Bertz CT molecular complexity index is 1780. The van der Waals surface area contributed by atoms with Gasteiger partial charge in [0.25, 0.3) is 0 Å². The lowest BCUT2D eigenvalue weighted by atomic mass is 9.90. The third-order valence-electron chi connectivity index (χ3n) is 5.63. The molecule has 3 rings (SSSR count). The highest BCUT2D eigenvalue weighted by molar-refractivity contribution is 6.18. The zero-order valence-corrected chi connectivity index (χ0v) is 24.5. The standard InChI is InChI=1S/C36H24Cl2O4/c1-5-9-17-39-33-15-13-28(23-35(33)41-19-11-7-3)30-21-27(25-37)22-31(32(30)26-38)29-14-16-34(40-18-10-6-2)36(24-29)42-20-12-8-4/h1,3,13-16,21-24H,18,20,25-26H2,2,4H3. The van der Waals surface area contributed by atoms with Gasteiger partial charge in [-0.2, -0.15) is 0 Å². The van der Waals surface area contributed by atoms with Crippen LogP contribution in [-0.2, 0) is 11.8 Å². The van der Waals surface area contributed by atoms with E-state index in [9.17, 15) is 0 Å². The number of hydrogen-bond donors (Lipinski definition) is 0. The average Bonchev–Trinajstić information content (AvgIpc) is 3.02. The molecule has 0 saturated heterocycles. The van der Waals surface area contributed by atoms with Gasteiger partial charge in [-0.05, 0) is 95.5 Å². The Kier molecular flexibility index (Phi) is 12.5. The highest BCUT2D eigenvalue weighted by Gasteiger charge is 2.18. The molecule has 0 heterocycles. The number of halogens is 2. The van der Waals surface area contributed by atoms with E-state index in [0.717, 1.165) is 33.4 Å². The summed E-state index contributed by atoms with van der Waals surface area (Å²) in [6.07, 6.45) is 15.3. The average molecular weight is 591 g/mol. The first-order valence-corrected chi connectivity index (χ1v) is 13.5. The zero-order valence-electron chi connectivity index (χ0n) is 23.0. The van der Waals surface area contributed by atoms with Gasteiger partial charge in [0.2, 0.25) is 0 Å². The first-order chi connectivity index (χ1) is 20.6. The van der Waals surface area contributed by atoms with Crippen molar-refractivity contribution in [2.75, 3.05) is 13.2 Å². The van der Waals surface area contributed by atoms with E-state index in [1.165, 1.54) is 0 Å². The third-order valence-corrected chi connectivity index (χ3v) is 6.20. The molecule has 0 aliphatic carbocycles. The topological polar surface area (TPSA) is 36.9 Å². The Balaban J connectivity index is 2.18. The van der Waals surface area contributed by atoms with Gasteiger partial charge in [-0.15, -0.1) is 47.9 Å². The fourth-order valence-electron chi connectivity index (χ4n) is 3.81. The van der Waals surface area contributed by atoms with Crippen molar-refractivity contribution >= 4 is 23.2 Å². The summed E-state index contributed by atoms with van der Waals surface area (Å²) in [4.78, 5) is 0. The summed E-state index contributed by atoms with van der Waals surface area (Å²) in [5.41, 5.74) is 5.08. The number of alkyl halides is 2. The molecule has 206 valence electrons. The molecule has 0 aromatic heterocycles. The summed E-state index contributed by atoms with van der Waals surface area (Å²) in [5.74, 6) is 22.8. The van der Waals surface area contributed by atoms with Crippen LogP contribution in [0.1, 0.15) is 25.0 Å². The monoisotopic (exact) mass is 590 g/mol. The lowest BCUT2D eigenvalue weighted by Gasteiger charge is -2.18. The minimum atomic E-state index is 0.202. The van der Waals surface area contributed by atoms with Crippen LogP contribution in [-0.4, -0.2) is 13.2 Å². The van der Waals surface area contributed by atoms with Crippen LogP contribution in [0, 0.1) is 72.4 Å². The second-order valence-corrected chi connectivity index (χ2v) is 8.67. The molecule has 42 heavy (non-hydrogen) atoms. The Morgan fingerprint density at radius 1 is 0.643 bits per heavy atom. The van der Waals surface area contributed by atoms with Crippen LogP contribution in [0.4, 0.5) is 0 Å². The molecule has 4 nitrogen and oxygen atoms in total. The van der Waals surface area contributed by atoms with Gasteiger partial charge in [-0.25, -0.2) is 0 Å². The van der Waals surface area contributed by atoms with Gasteiger partial charge in [0, 0.05) is 23.6 Å². The molecule has 0 unspecified atom stereocenters.